The van der Waals surface area contributed by atoms with Crippen molar-refractivity contribution in [2.24, 2.45) is 0 Å². The molecule has 6 aromatic carbocycles. The summed E-state index contributed by atoms with van der Waals surface area (Å²) >= 11 is 0. The third kappa shape index (κ3) is 7.89. The zero-order valence-electron chi connectivity index (χ0n) is 34.6. The monoisotopic (exact) mass is 734 g/mol. The largest absolute Gasteiger partial charge is 0.378 e. The van der Waals surface area contributed by atoms with Crippen molar-refractivity contribution in [3.05, 3.63) is 190 Å². The third-order valence-corrected chi connectivity index (χ3v) is 10.6. The number of rotatable bonds is 10. The van der Waals surface area contributed by atoms with Crippen LogP contribution in [0.25, 0.3) is 0 Å². The molecule has 6 aromatic rings. The molecule has 4 nitrogen and oxygen atoms in total. The maximum absolute atomic E-state index is 3.86. The van der Waals surface area contributed by atoms with Crippen LogP contribution in [-0.4, -0.2) is 56.4 Å². The molecule has 0 amide bonds. The van der Waals surface area contributed by atoms with Gasteiger partial charge in [-0.25, -0.2) is 0 Å². The van der Waals surface area contributed by atoms with Crippen molar-refractivity contribution in [1.82, 2.24) is 0 Å². The number of aryl methyl sites for hydroxylation is 2. The highest BCUT2D eigenvalue weighted by atomic mass is 15.1. The Balaban J connectivity index is 1.73. The van der Waals surface area contributed by atoms with Crippen LogP contribution in [0.2, 0.25) is 0 Å². The molecule has 0 fully saturated rings. The van der Waals surface area contributed by atoms with Crippen molar-refractivity contribution < 1.29 is 0 Å². The van der Waals surface area contributed by atoms with E-state index in [1.165, 1.54) is 11.1 Å². The zero-order chi connectivity index (χ0) is 40.0. The van der Waals surface area contributed by atoms with Gasteiger partial charge in [-0.1, -0.05) is 120 Å². The second kappa shape index (κ2) is 16.6. The molecule has 0 bridgehead atoms. The topological polar surface area (TPSA) is 13.0 Å². The van der Waals surface area contributed by atoms with Crippen molar-refractivity contribution in [3.63, 3.8) is 0 Å². The van der Waals surface area contributed by atoms with Gasteiger partial charge in [0.05, 0.1) is 0 Å². The molecule has 0 aliphatic heterocycles. The van der Waals surface area contributed by atoms with Crippen molar-refractivity contribution >= 4 is 22.7 Å². The first kappa shape index (κ1) is 39.3. The summed E-state index contributed by atoms with van der Waals surface area (Å²) in [5, 5.41) is 0. The minimum atomic E-state index is -0.833. The second-order valence-electron chi connectivity index (χ2n) is 15.5. The lowest BCUT2D eigenvalue weighted by Crippen LogP contribution is -2.29. The number of hydrogen-bond acceptors (Lipinski definition) is 4. The predicted molar refractivity (Wildman–Crippen MR) is 241 cm³/mol. The normalized spacial score (nSPS) is 11.1. The van der Waals surface area contributed by atoms with Crippen molar-refractivity contribution in [3.8, 4) is 23.7 Å². The smallest absolute Gasteiger partial charge is 0.107 e. The van der Waals surface area contributed by atoms with Gasteiger partial charge < -0.3 is 19.6 Å². The first-order valence-electron chi connectivity index (χ1n) is 19.2. The van der Waals surface area contributed by atoms with E-state index in [4.69, 9.17) is 0 Å². The highest BCUT2D eigenvalue weighted by molar-refractivity contribution is 5.68. The Labute approximate surface area is 336 Å². The highest BCUT2D eigenvalue weighted by Gasteiger charge is 2.37. The fraction of sp³-hybridized carbons (Fsp3) is 0.231. The molecule has 0 spiro atoms. The second-order valence-corrected chi connectivity index (χ2v) is 15.5. The van der Waals surface area contributed by atoms with E-state index in [0.717, 1.165) is 56.1 Å². The van der Waals surface area contributed by atoms with E-state index in [0.29, 0.717) is 0 Å². The SMILES string of the molecule is Cc1cccc(C(C#CC#CC(c2cccc(C)c2)(c2cccc(N(C)C)c2)c2cccc(N(C)C)c2)(c2cccc(N(C)C)c2)c2cccc(N(C)C)c2)c1. The van der Waals surface area contributed by atoms with Gasteiger partial charge in [0.2, 0.25) is 0 Å². The first-order chi connectivity index (χ1) is 26.8. The van der Waals surface area contributed by atoms with Gasteiger partial charge in [0.25, 0.3) is 0 Å². The van der Waals surface area contributed by atoms with E-state index in [1.54, 1.807) is 0 Å². The highest BCUT2D eigenvalue weighted by Crippen LogP contribution is 2.43. The van der Waals surface area contributed by atoms with Gasteiger partial charge in [-0.15, -0.1) is 0 Å². The fourth-order valence-corrected chi connectivity index (χ4v) is 7.51. The molecule has 0 aliphatic carbocycles. The number of anilines is 4. The molecule has 0 atom stereocenters. The number of nitrogens with zero attached hydrogens (tertiary/aromatic N) is 4. The quantitative estimate of drug-likeness (QED) is 0.103. The van der Waals surface area contributed by atoms with E-state index >= 15 is 0 Å². The van der Waals surface area contributed by atoms with E-state index in [2.05, 4.69) is 259 Å². The molecule has 0 saturated heterocycles. The van der Waals surface area contributed by atoms with E-state index in [9.17, 15) is 0 Å². The van der Waals surface area contributed by atoms with Crippen LogP contribution in [0.1, 0.15) is 44.5 Å². The Kier molecular flexibility index (Phi) is 11.6. The van der Waals surface area contributed by atoms with Gasteiger partial charge in [0, 0.05) is 79.1 Å². The van der Waals surface area contributed by atoms with Crippen LogP contribution in [-0.2, 0) is 10.8 Å². The van der Waals surface area contributed by atoms with E-state index in [-0.39, 0.29) is 0 Å². The summed E-state index contributed by atoms with van der Waals surface area (Å²) in [5.74, 6) is 14.8. The summed E-state index contributed by atoms with van der Waals surface area (Å²) in [7, 11) is 16.7. The maximum atomic E-state index is 3.86. The average Bonchev–Trinajstić information content (AvgIpc) is 3.19. The van der Waals surface area contributed by atoms with Gasteiger partial charge >= 0.3 is 0 Å². The van der Waals surface area contributed by atoms with Gasteiger partial charge in [-0.3, -0.25) is 0 Å². The van der Waals surface area contributed by atoms with Crippen molar-refractivity contribution in [2.45, 2.75) is 24.7 Å². The van der Waals surface area contributed by atoms with Gasteiger partial charge in [0.1, 0.15) is 10.8 Å². The Hall–Kier alpha value is -6.36. The summed E-state index contributed by atoms with van der Waals surface area (Å²) in [6, 6.07) is 52.5. The summed E-state index contributed by atoms with van der Waals surface area (Å²) < 4.78 is 0. The minimum Gasteiger partial charge on any atom is -0.378 e. The lowest BCUT2D eigenvalue weighted by atomic mass is 9.69. The molecule has 4 heteroatoms. The summed E-state index contributed by atoms with van der Waals surface area (Å²) in [6.07, 6.45) is 0. The Bertz CT molecular complexity index is 2170. The fourth-order valence-electron chi connectivity index (χ4n) is 7.51. The molecule has 0 unspecified atom stereocenters. The van der Waals surface area contributed by atoms with Gasteiger partial charge in [-0.05, 0) is 108 Å². The number of benzene rings is 6. The van der Waals surface area contributed by atoms with Crippen LogP contribution < -0.4 is 19.6 Å². The third-order valence-electron chi connectivity index (χ3n) is 10.6. The summed E-state index contributed by atoms with van der Waals surface area (Å²) in [4.78, 5) is 8.59. The van der Waals surface area contributed by atoms with E-state index < -0.39 is 10.8 Å². The Morgan fingerprint density at radius 3 is 0.786 bits per heavy atom. The van der Waals surface area contributed by atoms with E-state index in [1.807, 2.05) is 0 Å². The molecule has 0 radical (unpaired) electrons. The molecule has 0 N–H and O–H groups in total. The Morgan fingerprint density at radius 1 is 0.321 bits per heavy atom. The zero-order valence-corrected chi connectivity index (χ0v) is 34.6. The first-order valence-corrected chi connectivity index (χ1v) is 19.2. The van der Waals surface area contributed by atoms with Crippen molar-refractivity contribution in [1.29, 1.82) is 0 Å². The summed E-state index contributed by atoms with van der Waals surface area (Å²) in [6.45, 7) is 4.29. The summed E-state index contributed by atoms with van der Waals surface area (Å²) in [5.41, 5.74) is 11.6. The molecule has 0 aliphatic rings. The van der Waals surface area contributed by atoms with Crippen LogP contribution in [0.15, 0.2) is 146 Å². The number of hydrogen-bond donors (Lipinski definition) is 0. The lowest BCUT2D eigenvalue weighted by Gasteiger charge is -2.33. The minimum absolute atomic E-state index is 0.833. The molecule has 282 valence electrons. The standard InChI is InChI=1S/C52H54N4/c1-39-19-13-21-41(33-39)51(43-23-15-27-47(35-43)53(3)4,44-24-16-28-48(36-44)54(5)6)31-11-12-32-52(42-22-14-20-40(2)34-42,45-25-17-29-49(37-45)55(7)8)46-26-18-30-50(38-46)56(9)10/h13-30,33-38H,1-10H3. The molecule has 0 saturated carbocycles. The lowest BCUT2D eigenvalue weighted by molar-refractivity contribution is 0.804. The van der Waals surface area contributed by atoms with Crippen LogP contribution in [0, 0.1) is 37.5 Å². The van der Waals surface area contributed by atoms with Gasteiger partial charge in [0.15, 0.2) is 0 Å². The van der Waals surface area contributed by atoms with Crippen LogP contribution in [0.3, 0.4) is 0 Å². The van der Waals surface area contributed by atoms with Crippen LogP contribution >= 0.6 is 0 Å². The maximum Gasteiger partial charge on any atom is 0.107 e. The molecular formula is C52H54N4. The Morgan fingerprint density at radius 2 is 0.554 bits per heavy atom. The van der Waals surface area contributed by atoms with Crippen molar-refractivity contribution in [2.75, 3.05) is 76.0 Å². The van der Waals surface area contributed by atoms with Crippen LogP contribution in [0.4, 0.5) is 22.7 Å². The average molecular weight is 735 g/mol. The van der Waals surface area contributed by atoms with Gasteiger partial charge in [-0.2, -0.15) is 0 Å². The molecule has 0 heterocycles. The molecule has 56 heavy (non-hydrogen) atoms. The predicted octanol–water partition coefficient (Wildman–Crippen LogP) is 9.94. The molecular weight excluding hydrogens is 681 g/mol. The molecule has 6 rings (SSSR count). The molecule has 0 aromatic heterocycles. The van der Waals surface area contributed by atoms with Crippen LogP contribution in [0.5, 0.6) is 0 Å².